The van der Waals surface area contributed by atoms with E-state index in [1.54, 1.807) is 12.1 Å². The summed E-state index contributed by atoms with van der Waals surface area (Å²) in [5.74, 6) is 0.481. The van der Waals surface area contributed by atoms with Crippen LogP contribution in [0.2, 0.25) is 0 Å². The Morgan fingerprint density at radius 3 is 2.33 bits per heavy atom. The molecule has 2 aromatic rings. The third kappa shape index (κ3) is 6.02. The monoisotopic (exact) mass is 376 g/mol. The molecule has 0 saturated carbocycles. The highest BCUT2D eigenvalue weighted by molar-refractivity contribution is 5.37. The van der Waals surface area contributed by atoms with Crippen LogP contribution >= 0.6 is 0 Å². The van der Waals surface area contributed by atoms with Gasteiger partial charge in [0.05, 0.1) is 0 Å². The van der Waals surface area contributed by atoms with Crippen LogP contribution in [0.25, 0.3) is 0 Å². The fraction of sp³-hybridized carbons (Fsp3) is 0.478. The van der Waals surface area contributed by atoms with Crippen molar-refractivity contribution in [3.05, 3.63) is 64.7 Å². The minimum Gasteiger partial charge on any atom is -0.406 e. The second-order valence-corrected chi connectivity index (χ2v) is 7.55. The van der Waals surface area contributed by atoms with E-state index < -0.39 is 6.36 Å². The lowest BCUT2D eigenvalue weighted by Crippen LogP contribution is -2.18. The Balaban J connectivity index is 1.52. The zero-order valence-electron chi connectivity index (χ0n) is 15.8. The molecule has 0 spiro atoms. The molecule has 1 aliphatic carbocycles. The van der Waals surface area contributed by atoms with E-state index in [1.807, 2.05) is 0 Å². The third-order valence-electron chi connectivity index (χ3n) is 5.43. The smallest absolute Gasteiger partial charge is 0.406 e. The first-order valence-corrected chi connectivity index (χ1v) is 9.88. The first-order chi connectivity index (χ1) is 12.9. The fourth-order valence-electron chi connectivity index (χ4n) is 3.87. The molecule has 0 fully saturated rings. The summed E-state index contributed by atoms with van der Waals surface area (Å²) in [5, 5.41) is 0. The van der Waals surface area contributed by atoms with Gasteiger partial charge in [-0.1, -0.05) is 43.7 Å². The van der Waals surface area contributed by atoms with Crippen LogP contribution in [-0.4, -0.2) is 6.36 Å². The lowest BCUT2D eigenvalue weighted by atomic mass is 9.81. The van der Waals surface area contributed by atoms with E-state index in [2.05, 4.69) is 35.9 Å². The molecule has 146 valence electrons. The Labute approximate surface area is 159 Å². The summed E-state index contributed by atoms with van der Waals surface area (Å²) in [6.07, 6.45) is 3.94. The van der Waals surface area contributed by atoms with E-state index in [1.165, 1.54) is 30.0 Å². The molecule has 2 aromatic carbocycles. The van der Waals surface area contributed by atoms with Gasteiger partial charge in [0, 0.05) is 0 Å². The van der Waals surface area contributed by atoms with Crippen LogP contribution in [0.4, 0.5) is 13.2 Å². The van der Waals surface area contributed by atoms with Crippen LogP contribution in [-0.2, 0) is 25.7 Å². The van der Waals surface area contributed by atoms with E-state index in [4.69, 9.17) is 0 Å². The molecule has 1 atom stereocenters. The summed E-state index contributed by atoms with van der Waals surface area (Å²) in [6, 6.07) is 13.7. The first-order valence-electron chi connectivity index (χ1n) is 9.88. The zero-order valence-corrected chi connectivity index (χ0v) is 15.8. The number of aryl methyl sites for hydroxylation is 3. The molecule has 0 heterocycles. The Kier molecular flexibility index (Phi) is 6.46. The normalized spacial score (nSPS) is 16.8. The summed E-state index contributed by atoms with van der Waals surface area (Å²) in [6.45, 7) is 2.21. The maximum absolute atomic E-state index is 12.4. The fourth-order valence-corrected chi connectivity index (χ4v) is 3.87. The van der Waals surface area contributed by atoms with Gasteiger partial charge in [-0.2, -0.15) is 0 Å². The molecule has 0 bridgehead atoms. The first kappa shape index (κ1) is 19.8. The van der Waals surface area contributed by atoms with E-state index in [9.17, 15) is 13.2 Å². The highest BCUT2D eigenvalue weighted by Crippen LogP contribution is 2.32. The Morgan fingerprint density at radius 2 is 1.67 bits per heavy atom. The Bertz CT molecular complexity index is 734. The predicted molar refractivity (Wildman–Crippen MR) is 102 cm³/mol. The molecule has 0 radical (unpaired) electrons. The summed E-state index contributed by atoms with van der Waals surface area (Å²) in [5.41, 5.74) is 4.93. The van der Waals surface area contributed by atoms with Crippen molar-refractivity contribution in [2.45, 2.75) is 64.7 Å². The molecule has 1 unspecified atom stereocenters. The van der Waals surface area contributed by atoms with Gasteiger partial charge in [-0.25, -0.2) is 0 Å². The van der Waals surface area contributed by atoms with E-state index in [0.29, 0.717) is 5.92 Å². The third-order valence-corrected chi connectivity index (χ3v) is 5.43. The van der Waals surface area contributed by atoms with Crippen LogP contribution < -0.4 is 4.74 Å². The van der Waals surface area contributed by atoms with Gasteiger partial charge >= 0.3 is 6.36 Å². The second kappa shape index (κ2) is 8.81. The molecule has 0 N–H and O–H groups in total. The zero-order chi connectivity index (χ0) is 19.3. The highest BCUT2D eigenvalue weighted by Gasteiger charge is 2.31. The van der Waals surface area contributed by atoms with Crippen molar-refractivity contribution < 1.29 is 17.9 Å². The molecule has 27 heavy (non-hydrogen) atoms. The SMILES string of the molecule is CCCCc1ccc(CCC2CCc3cc(OC(F)(F)F)ccc3C2)cc1. The summed E-state index contributed by atoms with van der Waals surface area (Å²) < 4.78 is 41.1. The van der Waals surface area contributed by atoms with Gasteiger partial charge in [0.15, 0.2) is 0 Å². The maximum atomic E-state index is 12.4. The standard InChI is InChI=1S/C23H27F3O/c1-2-3-4-17-5-7-18(8-6-17)9-10-19-11-12-21-16-22(27-23(24,25)26)14-13-20(21)15-19/h5-8,13-14,16,19H,2-4,9-12,15H2,1H3. The van der Waals surface area contributed by atoms with Crippen molar-refractivity contribution in [1.29, 1.82) is 0 Å². The van der Waals surface area contributed by atoms with Gasteiger partial charge < -0.3 is 4.74 Å². The number of fused-ring (bicyclic) bond motifs is 1. The van der Waals surface area contributed by atoms with Gasteiger partial charge in [0.1, 0.15) is 5.75 Å². The average molecular weight is 376 g/mol. The molecular formula is C23H27F3O. The molecule has 1 aliphatic rings. The van der Waals surface area contributed by atoms with Crippen LogP contribution in [0.3, 0.4) is 0 Å². The van der Waals surface area contributed by atoms with Gasteiger partial charge in [-0.15, -0.1) is 13.2 Å². The molecule has 1 nitrogen and oxygen atoms in total. The van der Waals surface area contributed by atoms with Gasteiger partial charge in [0.2, 0.25) is 0 Å². The van der Waals surface area contributed by atoms with Gasteiger partial charge in [-0.3, -0.25) is 0 Å². The number of halogens is 3. The van der Waals surface area contributed by atoms with Crippen molar-refractivity contribution in [3.8, 4) is 5.75 Å². The number of alkyl halides is 3. The molecular weight excluding hydrogens is 349 g/mol. The molecule has 0 saturated heterocycles. The second-order valence-electron chi connectivity index (χ2n) is 7.55. The molecule has 0 amide bonds. The van der Waals surface area contributed by atoms with Crippen LogP contribution in [0.1, 0.15) is 54.9 Å². The van der Waals surface area contributed by atoms with Crippen LogP contribution in [0.5, 0.6) is 5.75 Å². The number of hydrogen-bond donors (Lipinski definition) is 0. The quantitative estimate of drug-likeness (QED) is 0.525. The van der Waals surface area contributed by atoms with Gasteiger partial charge in [0.25, 0.3) is 0 Å². The number of hydrogen-bond acceptors (Lipinski definition) is 1. The molecule has 0 aromatic heterocycles. The summed E-state index contributed by atoms with van der Waals surface area (Å²) in [7, 11) is 0. The molecule has 3 rings (SSSR count). The Morgan fingerprint density at radius 1 is 0.963 bits per heavy atom. The van der Waals surface area contributed by atoms with E-state index >= 15 is 0 Å². The lowest BCUT2D eigenvalue weighted by Gasteiger charge is -2.25. The van der Waals surface area contributed by atoms with Crippen molar-refractivity contribution in [2.75, 3.05) is 0 Å². The van der Waals surface area contributed by atoms with E-state index in [-0.39, 0.29) is 5.75 Å². The molecule has 4 heteroatoms. The molecule has 0 aliphatic heterocycles. The Hall–Kier alpha value is -1.97. The van der Waals surface area contributed by atoms with Crippen molar-refractivity contribution in [2.24, 2.45) is 5.92 Å². The number of rotatable bonds is 7. The summed E-state index contributed by atoms with van der Waals surface area (Å²) in [4.78, 5) is 0. The minimum atomic E-state index is -4.63. The predicted octanol–water partition coefficient (Wildman–Crippen LogP) is 6.67. The average Bonchev–Trinajstić information content (AvgIpc) is 2.64. The summed E-state index contributed by atoms with van der Waals surface area (Å²) >= 11 is 0. The minimum absolute atomic E-state index is 0.108. The van der Waals surface area contributed by atoms with Crippen molar-refractivity contribution in [3.63, 3.8) is 0 Å². The topological polar surface area (TPSA) is 9.23 Å². The maximum Gasteiger partial charge on any atom is 0.573 e. The van der Waals surface area contributed by atoms with Crippen molar-refractivity contribution >= 4 is 0 Å². The highest BCUT2D eigenvalue weighted by atomic mass is 19.4. The van der Waals surface area contributed by atoms with E-state index in [0.717, 1.165) is 49.7 Å². The number of unbranched alkanes of at least 4 members (excludes halogenated alkanes) is 1. The van der Waals surface area contributed by atoms with Gasteiger partial charge in [-0.05, 0) is 85.3 Å². The van der Waals surface area contributed by atoms with Crippen LogP contribution in [0.15, 0.2) is 42.5 Å². The largest absolute Gasteiger partial charge is 0.573 e. The lowest BCUT2D eigenvalue weighted by molar-refractivity contribution is -0.274. The van der Waals surface area contributed by atoms with Crippen LogP contribution in [0, 0.1) is 5.92 Å². The number of benzene rings is 2. The van der Waals surface area contributed by atoms with Crippen molar-refractivity contribution in [1.82, 2.24) is 0 Å². The number of ether oxygens (including phenoxy) is 1.